The van der Waals surface area contributed by atoms with E-state index in [1.54, 1.807) is 21.3 Å². The van der Waals surface area contributed by atoms with Crippen molar-refractivity contribution in [3.05, 3.63) is 41.0 Å². The van der Waals surface area contributed by atoms with Gasteiger partial charge in [-0.3, -0.25) is 4.90 Å². The van der Waals surface area contributed by atoms with Gasteiger partial charge in [0.05, 0.1) is 21.3 Å². The first-order valence-corrected chi connectivity index (χ1v) is 9.03. The minimum absolute atomic E-state index is 0.625. The lowest BCUT2D eigenvalue weighted by atomic mass is 10.1. The number of hydrogen-bond acceptors (Lipinski definition) is 6. The fourth-order valence-electron chi connectivity index (χ4n) is 3.38. The largest absolute Gasteiger partial charge is 0.493 e. The Kier molecular flexibility index (Phi) is 5.93. The molecule has 6 heteroatoms. The fourth-order valence-corrected chi connectivity index (χ4v) is 3.38. The zero-order valence-corrected chi connectivity index (χ0v) is 16.0. The molecular formula is C20H27N3O3. The van der Waals surface area contributed by atoms with Crippen LogP contribution in [0.5, 0.6) is 17.2 Å². The van der Waals surface area contributed by atoms with Crippen molar-refractivity contribution in [3.63, 3.8) is 0 Å². The molecule has 26 heavy (non-hydrogen) atoms. The van der Waals surface area contributed by atoms with Gasteiger partial charge < -0.3 is 14.2 Å². The predicted octanol–water partition coefficient (Wildman–Crippen LogP) is 3.01. The Hall–Kier alpha value is -2.34. The molecule has 3 rings (SSSR count). The summed E-state index contributed by atoms with van der Waals surface area (Å²) in [6, 6.07) is 4.02. The Labute approximate surface area is 155 Å². The Morgan fingerprint density at radius 3 is 2.42 bits per heavy atom. The van der Waals surface area contributed by atoms with Crippen LogP contribution in [0.15, 0.2) is 18.3 Å². The molecule has 0 saturated heterocycles. The van der Waals surface area contributed by atoms with Gasteiger partial charge in [-0.05, 0) is 24.1 Å². The van der Waals surface area contributed by atoms with Crippen molar-refractivity contribution in [1.29, 1.82) is 0 Å². The molecule has 1 aliphatic heterocycles. The van der Waals surface area contributed by atoms with Gasteiger partial charge in [-0.1, -0.05) is 6.92 Å². The first-order chi connectivity index (χ1) is 12.7. The van der Waals surface area contributed by atoms with Crippen LogP contribution in [0.25, 0.3) is 0 Å². The number of fused-ring (bicyclic) bond motifs is 1. The SMILES string of the molecule is CCCc1ncc2c(n1)CCN(Cc1cc(OC)c(OC)c(OC)c1)C2. The van der Waals surface area contributed by atoms with Crippen molar-refractivity contribution in [2.45, 2.75) is 39.3 Å². The summed E-state index contributed by atoms with van der Waals surface area (Å²) in [7, 11) is 4.90. The minimum Gasteiger partial charge on any atom is -0.493 e. The van der Waals surface area contributed by atoms with Crippen LogP contribution in [0, 0.1) is 0 Å². The van der Waals surface area contributed by atoms with Crippen LogP contribution < -0.4 is 14.2 Å². The number of benzene rings is 1. The molecule has 0 aliphatic carbocycles. The van der Waals surface area contributed by atoms with Crippen LogP contribution in [-0.2, 0) is 25.9 Å². The second kappa shape index (κ2) is 8.36. The van der Waals surface area contributed by atoms with Gasteiger partial charge in [0, 0.05) is 49.9 Å². The van der Waals surface area contributed by atoms with Crippen LogP contribution in [0.1, 0.15) is 36.0 Å². The van der Waals surface area contributed by atoms with Crippen LogP contribution >= 0.6 is 0 Å². The molecule has 0 spiro atoms. The van der Waals surface area contributed by atoms with Gasteiger partial charge >= 0.3 is 0 Å². The molecule has 2 aromatic rings. The molecule has 0 bridgehead atoms. The van der Waals surface area contributed by atoms with Crippen LogP contribution in [-0.4, -0.2) is 42.7 Å². The van der Waals surface area contributed by atoms with E-state index in [0.29, 0.717) is 17.2 Å². The first kappa shape index (κ1) is 18.5. The van der Waals surface area contributed by atoms with E-state index in [9.17, 15) is 0 Å². The molecular weight excluding hydrogens is 330 g/mol. The van der Waals surface area contributed by atoms with Crippen LogP contribution in [0.2, 0.25) is 0 Å². The maximum Gasteiger partial charge on any atom is 0.203 e. The van der Waals surface area contributed by atoms with Crippen molar-refractivity contribution < 1.29 is 14.2 Å². The van der Waals surface area contributed by atoms with Gasteiger partial charge in [0.25, 0.3) is 0 Å². The average Bonchev–Trinajstić information content (AvgIpc) is 2.67. The summed E-state index contributed by atoms with van der Waals surface area (Å²) in [5.74, 6) is 2.96. The first-order valence-electron chi connectivity index (χ1n) is 9.03. The standard InChI is InChI=1S/C20H27N3O3/c1-5-6-19-21-11-15-13-23(8-7-16(15)22-19)12-14-9-17(24-2)20(26-4)18(10-14)25-3/h9-11H,5-8,12-13H2,1-4H3. The fraction of sp³-hybridized carbons (Fsp3) is 0.500. The third kappa shape index (κ3) is 3.90. The third-order valence-corrected chi connectivity index (χ3v) is 4.67. The number of ether oxygens (including phenoxy) is 3. The Morgan fingerprint density at radius 2 is 1.81 bits per heavy atom. The number of methoxy groups -OCH3 is 3. The Bertz CT molecular complexity index is 739. The maximum atomic E-state index is 5.46. The summed E-state index contributed by atoms with van der Waals surface area (Å²) in [6.07, 6.45) is 4.97. The summed E-state index contributed by atoms with van der Waals surface area (Å²) in [5.41, 5.74) is 3.56. The summed E-state index contributed by atoms with van der Waals surface area (Å²) in [5, 5.41) is 0. The summed E-state index contributed by atoms with van der Waals surface area (Å²) >= 11 is 0. The smallest absolute Gasteiger partial charge is 0.203 e. The van der Waals surface area contributed by atoms with Gasteiger partial charge in [0.2, 0.25) is 5.75 Å². The Balaban J connectivity index is 1.76. The Morgan fingerprint density at radius 1 is 1.08 bits per heavy atom. The van der Waals surface area contributed by atoms with Crippen LogP contribution in [0.3, 0.4) is 0 Å². The molecule has 0 amide bonds. The predicted molar refractivity (Wildman–Crippen MR) is 99.9 cm³/mol. The molecule has 1 aromatic carbocycles. The van der Waals surface area contributed by atoms with Gasteiger partial charge in [-0.25, -0.2) is 9.97 Å². The van der Waals surface area contributed by atoms with Crippen molar-refractivity contribution in [1.82, 2.24) is 14.9 Å². The number of rotatable bonds is 7. The monoisotopic (exact) mass is 357 g/mol. The number of hydrogen-bond donors (Lipinski definition) is 0. The molecule has 1 aliphatic rings. The number of aryl methyl sites for hydroxylation is 1. The van der Waals surface area contributed by atoms with E-state index in [1.165, 1.54) is 11.3 Å². The van der Waals surface area contributed by atoms with Crippen molar-refractivity contribution in [3.8, 4) is 17.2 Å². The van der Waals surface area contributed by atoms with Crippen molar-refractivity contribution in [2.24, 2.45) is 0 Å². The molecule has 0 saturated carbocycles. The molecule has 1 aromatic heterocycles. The van der Waals surface area contributed by atoms with E-state index in [-0.39, 0.29) is 0 Å². The molecule has 0 unspecified atom stereocenters. The zero-order valence-electron chi connectivity index (χ0n) is 16.0. The van der Waals surface area contributed by atoms with E-state index in [4.69, 9.17) is 19.2 Å². The lowest BCUT2D eigenvalue weighted by Gasteiger charge is -2.28. The second-order valence-corrected chi connectivity index (χ2v) is 6.50. The average molecular weight is 357 g/mol. The van der Waals surface area contributed by atoms with Crippen molar-refractivity contribution >= 4 is 0 Å². The van der Waals surface area contributed by atoms with E-state index in [1.807, 2.05) is 18.3 Å². The summed E-state index contributed by atoms with van der Waals surface area (Å²) < 4.78 is 16.3. The summed E-state index contributed by atoms with van der Waals surface area (Å²) in [6.45, 7) is 4.81. The number of aromatic nitrogens is 2. The lowest BCUT2D eigenvalue weighted by Crippen LogP contribution is -2.31. The van der Waals surface area contributed by atoms with Gasteiger partial charge in [0.1, 0.15) is 5.82 Å². The highest BCUT2D eigenvalue weighted by Gasteiger charge is 2.20. The molecule has 0 fully saturated rings. The van der Waals surface area contributed by atoms with E-state index in [0.717, 1.165) is 50.3 Å². The zero-order chi connectivity index (χ0) is 18.5. The van der Waals surface area contributed by atoms with E-state index < -0.39 is 0 Å². The minimum atomic E-state index is 0.625. The van der Waals surface area contributed by atoms with Crippen molar-refractivity contribution in [2.75, 3.05) is 27.9 Å². The highest BCUT2D eigenvalue weighted by atomic mass is 16.5. The van der Waals surface area contributed by atoms with Crippen LogP contribution in [0.4, 0.5) is 0 Å². The lowest BCUT2D eigenvalue weighted by molar-refractivity contribution is 0.241. The quantitative estimate of drug-likeness (QED) is 0.759. The molecule has 2 heterocycles. The molecule has 140 valence electrons. The maximum absolute atomic E-state index is 5.46. The topological polar surface area (TPSA) is 56.7 Å². The molecule has 6 nitrogen and oxygen atoms in total. The summed E-state index contributed by atoms with van der Waals surface area (Å²) in [4.78, 5) is 11.6. The van der Waals surface area contributed by atoms with E-state index in [2.05, 4.69) is 16.8 Å². The van der Waals surface area contributed by atoms with E-state index >= 15 is 0 Å². The van der Waals surface area contributed by atoms with Gasteiger partial charge in [-0.2, -0.15) is 0 Å². The van der Waals surface area contributed by atoms with Gasteiger partial charge in [-0.15, -0.1) is 0 Å². The molecule has 0 N–H and O–H groups in total. The third-order valence-electron chi connectivity index (χ3n) is 4.67. The normalized spacial score (nSPS) is 14.0. The molecule has 0 atom stereocenters. The second-order valence-electron chi connectivity index (χ2n) is 6.50. The van der Waals surface area contributed by atoms with Gasteiger partial charge in [0.15, 0.2) is 11.5 Å². The number of nitrogens with zero attached hydrogens (tertiary/aromatic N) is 3. The highest BCUT2D eigenvalue weighted by Crippen LogP contribution is 2.38. The molecule has 0 radical (unpaired) electrons. The highest BCUT2D eigenvalue weighted by molar-refractivity contribution is 5.53.